The number of thiocarbonyl (C=S) groups is 1. The molecule has 0 bridgehead atoms. The Morgan fingerprint density at radius 1 is 1.24 bits per heavy atom. The van der Waals surface area contributed by atoms with Gasteiger partial charge in [-0.15, -0.1) is 6.42 Å². The molecule has 3 rings (SSSR count). The molecule has 4 nitrogen and oxygen atoms in total. The van der Waals surface area contributed by atoms with E-state index in [0.29, 0.717) is 5.75 Å². The molecule has 0 spiro atoms. The zero-order valence-electron chi connectivity index (χ0n) is 13.0. The first-order valence-electron chi connectivity index (χ1n) is 7.38. The van der Waals surface area contributed by atoms with Gasteiger partial charge in [0.2, 0.25) is 0 Å². The van der Waals surface area contributed by atoms with Crippen LogP contribution in [-0.2, 0) is 4.79 Å². The SMILES string of the molecule is C#CCOc1ccc(C=C2NC(=S)N(c3ccccc3F)C2=O)cc1. The van der Waals surface area contributed by atoms with Crippen LogP contribution in [-0.4, -0.2) is 17.6 Å². The van der Waals surface area contributed by atoms with Gasteiger partial charge in [0.1, 0.15) is 23.9 Å². The Balaban J connectivity index is 1.83. The number of halogens is 1. The molecule has 25 heavy (non-hydrogen) atoms. The fraction of sp³-hybridized carbons (Fsp3) is 0.0526. The number of benzene rings is 2. The van der Waals surface area contributed by atoms with E-state index in [9.17, 15) is 9.18 Å². The van der Waals surface area contributed by atoms with E-state index in [0.717, 1.165) is 10.5 Å². The minimum atomic E-state index is -0.517. The first kappa shape index (κ1) is 16.7. The van der Waals surface area contributed by atoms with E-state index in [1.54, 1.807) is 42.5 Å². The molecule has 0 radical (unpaired) electrons. The number of carbonyl (C=O) groups is 1. The first-order chi connectivity index (χ1) is 12.1. The topological polar surface area (TPSA) is 41.6 Å². The van der Waals surface area contributed by atoms with Crippen LogP contribution in [0.1, 0.15) is 5.56 Å². The van der Waals surface area contributed by atoms with Crippen molar-refractivity contribution in [3.63, 3.8) is 0 Å². The Hall–Kier alpha value is -3.17. The molecule has 0 aromatic heterocycles. The highest BCUT2D eigenvalue weighted by Crippen LogP contribution is 2.25. The summed E-state index contributed by atoms with van der Waals surface area (Å²) in [5.41, 5.74) is 1.15. The van der Waals surface area contributed by atoms with Crippen LogP contribution in [0.3, 0.4) is 0 Å². The highest BCUT2D eigenvalue weighted by atomic mass is 32.1. The number of nitrogens with one attached hydrogen (secondary N) is 1. The first-order valence-corrected chi connectivity index (χ1v) is 7.79. The summed E-state index contributed by atoms with van der Waals surface area (Å²) >= 11 is 5.17. The van der Waals surface area contributed by atoms with Gasteiger partial charge < -0.3 is 10.1 Å². The largest absolute Gasteiger partial charge is 0.481 e. The van der Waals surface area contributed by atoms with E-state index >= 15 is 0 Å². The van der Waals surface area contributed by atoms with Gasteiger partial charge in [0.25, 0.3) is 5.91 Å². The van der Waals surface area contributed by atoms with Crippen LogP contribution in [0, 0.1) is 18.2 Å². The Kier molecular flexibility index (Phi) is 4.78. The van der Waals surface area contributed by atoms with Crippen molar-refractivity contribution in [3.8, 4) is 18.1 Å². The zero-order chi connectivity index (χ0) is 17.8. The average Bonchev–Trinajstić information content (AvgIpc) is 2.89. The van der Waals surface area contributed by atoms with E-state index < -0.39 is 11.7 Å². The lowest BCUT2D eigenvalue weighted by Gasteiger charge is -2.14. The lowest BCUT2D eigenvalue weighted by atomic mass is 10.2. The summed E-state index contributed by atoms with van der Waals surface area (Å²) in [6.07, 6.45) is 6.78. The lowest BCUT2D eigenvalue weighted by Crippen LogP contribution is -2.31. The number of para-hydroxylation sites is 1. The second-order valence-corrected chi connectivity index (χ2v) is 5.53. The number of ether oxygens (including phenoxy) is 1. The van der Waals surface area contributed by atoms with Crippen molar-refractivity contribution in [1.82, 2.24) is 5.32 Å². The van der Waals surface area contributed by atoms with Crippen LogP contribution in [0.5, 0.6) is 5.75 Å². The molecule has 124 valence electrons. The minimum Gasteiger partial charge on any atom is -0.481 e. The van der Waals surface area contributed by atoms with Gasteiger partial charge >= 0.3 is 0 Å². The summed E-state index contributed by atoms with van der Waals surface area (Å²) < 4.78 is 19.3. The summed E-state index contributed by atoms with van der Waals surface area (Å²) in [5, 5.41) is 2.96. The smallest absolute Gasteiger partial charge is 0.281 e. The maximum atomic E-state index is 14.0. The fourth-order valence-corrected chi connectivity index (χ4v) is 2.63. The van der Waals surface area contributed by atoms with E-state index in [1.807, 2.05) is 0 Å². The van der Waals surface area contributed by atoms with Crippen molar-refractivity contribution >= 4 is 35.0 Å². The molecule has 2 aromatic rings. The van der Waals surface area contributed by atoms with Crippen molar-refractivity contribution in [2.75, 3.05) is 11.5 Å². The second-order valence-electron chi connectivity index (χ2n) is 5.14. The number of anilines is 1. The second kappa shape index (κ2) is 7.16. The number of carbonyl (C=O) groups excluding carboxylic acids is 1. The van der Waals surface area contributed by atoms with Crippen LogP contribution < -0.4 is 15.0 Å². The molecule has 1 aliphatic heterocycles. The van der Waals surface area contributed by atoms with Gasteiger partial charge in [0, 0.05) is 0 Å². The van der Waals surface area contributed by atoms with Gasteiger partial charge in [0.15, 0.2) is 5.11 Å². The highest BCUT2D eigenvalue weighted by Gasteiger charge is 2.33. The zero-order valence-corrected chi connectivity index (χ0v) is 13.8. The number of terminal acetylenes is 1. The number of hydrogen-bond donors (Lipinski definition) is 1. The van der Waals surface area contributed by atoms with Crippen molar-refractivity contribution in [1.29, 1.82) is 0 Å². The highest BCUT2D eigenvalue weighted by molar-refractivity contribution is 7.80. The van der Waals surface area contributed by atoms with Crippen molar-refractivity contribution in [2.45, 2.75) is 0 Å². The third kappa shape index (κ3) is 3.52. The molecule has 6 heteroatoms. The van der Waals surface area contributed by atoms with Gasteiger partial charge in [-0.25, -0.2) is 9.29 Å². The standard InChI is InChI=1S/C19H13FN2O2S/c1-2-11-24-14-9-7-13(8-10-14)12-16-18(23)22(19(25)21-16)17-6-4-3-5-15(17)20/h1,3-10,12H,11H2,(H,21,25). The summed E-state index contributed by atoms with van der Waals surface area (Å²) in [7, 11) is 0. The third-order valence-electron chi connectivity index (χ3n) is 3.48. The Morgan fingerprint density at radius 2 is 1.96 bits per heavy atom. The molecular formula is C19H13FN2O2S. The van der Waals surface area contributed by atoms with Crippen LogP contribution in [0.25, 0.3) is 6.08 Å². The van der Waals surface area contributed by atoms with Gasteiger partial charge in [-0.05, 0) is 48.1 Å². The van der Waals surface area contributed by atoms with Crippen LogP contribution in [0.2, 0.25) is 0 Å². The average molecular weight is 352 g/mol. The molecule has 0 saturated carbocycles. The van der Waals surface area contributed by atoms with E-state index in [4.69, 9.17) is 23.4 Å². The molecule has 1 saturated heterocycles. The van der Waals surface area contributed by atoms with E-state index in [2.05, 4.69) is 11.2 Å². The monoisotopic (exact) mass is 352 g/mol. The molecule has 1 N–H and O–H groups in total. The number of rotatable bonds is 4. The summed E-state index contributed by atoms with van der Waals surface area (Å²) in [6.45, 7) is 0.187. The number of amides is 1. The Labute approximate surface area is 149 Å². The molecule has 1 heterocycles. The maximum absolute atomic E-state index is 14.0. The van der Waals surface area contributed by atoms with Crippen LogP contribution in [0.4, 0.5) is 10.1 Å². The molecular weight excluding hydrogens is 339 g/mol. The minimum absolute atomic E-state index is 0.117. The predicted molar refractivity (Wildman–Crippen MR) is 98.4 cm³/mol. The van der Waals surface area contributed by atoms with Gasteiger partial charge in [-0.3, -0.25) is 4.79 Å². The Bertz CT molecular complexity index is 900. The lowest BCUT2D eigenvalue weighted by molar-refractivity contribution is -0.113. The van der Waals surface area contributed by atoms with Crippen molar-refractivity contribution in [3.05, 3.63) is 65.6 Å². The molecule has 1 fully saturated rings. The Morgan fingerprint density at radius 3 is 2.64 bits per heavy atom. The number of nitrogens with zero attached hydrogens (tertiary/aromatic N) is 1. The summed E-state index contributed by atoms with van der Waals surface area (Å²) in [6, 6.07) is 13.0. The normalized spacial score (nSPS) is 15.2. The fourth-order valence-electron chi connectivity index (χ4n) is 2.34. The summed E-state index contributed by atoms with van der Waals surface area (Å²) in [5.74, 6) is 2.09. The van der Waals surface area contributed by atoms with Gasteiger partial charge in [0.05, 0.1) is 5.69 Å². The van der Waals surface area contributed by atoms with E-state index in [1.165, 1.54) is 12.1 Å². The van der Waals surface area contributed by atoms with Gasteiger partial charge in [-0.2, -0.15) is 0 Å². The molecule has 0 unspecified atom stereocenters. The summed E-state index contributed by atoms with van der Waals surface area (Å²) in [4.78, 5) is 13.7. The molecule has 0 atom stereocenters. The molecule has 2 aromatic carbocycles. The molecule has 0 aliphatic carbocycles. The third-order valence-corrected chi connectivity index (χ3v) is 3.77. The predicted octanol–water partition coefficient (Wildman–Crippen LogP) is 3.10. The van der Waals surface area contributed by atoms with Gasteiger partial charge in [-0.1, -0.05) is 30.2 Å². The van der Waals surface area contributed by atoms with E-state index in [-0.39, 0.29) is 23.1 Å². The van der Waals surface area contributed by atoms with Crippen LogP contribution in [0.15, 0.2) is 54.2 Å². The molecule has 1 aliphatic rings. The van der Waals surface area contributed by atoms with Crippen LogP contribution >= 0.6 is 12.2 Å². The molecule has 1 amide bonds. The quantitative estimate of drug-likeness (QED) is 0.522. The number of hydrogen-bond acceptors (Lipinski definition) is 3. The van der Waals surface area contributed by atoms with Crippen molar-refractivity contribution in [2.24, 2.45) is 0 Å². The van der Waals surface area contributed by atoms with Crippen molar-refractivity contribution < 1.29 is 13.9 Å². The maximum Gasteiger partial charge on any atom is 0.281 e.